The van der Waals surface area contributed by atoms with Crippen molar-refractivity contribution in [2.45, 2.75) is 26.2 Å². The van der Waals surface area contributed by atoms with Crippen LogP contribution in [0.5, 0.6) is 0 Å². The molecule has 0 aliphatic rings. The highest BCUT2D eigenvalue weighted by Crippen LogP contribution is 2.07. The van der Waals surface area contributed by atoms with Crippen LogP contribution >= 0.6 is 0 Å². The van der Waals surface area contributed by atoms with Crippen LogP contribution in [-0.2, 0) is 4.79 Å². The monoisotopic (exact) mass is 165 g/mol. The zero-order valence-electron chi connectivity index (χ0n) is 7.55. The Morgan fingerprint density at radius 1 is 1.67 bits per heavy atom. The Kier molecular flexibility index (Phi) is 7.21. The third-order valence-corrected chi connectivity index (χ3v) is 1.60. The van der Waals surface area contributed by atoms with Gasteiger partial charge in [-0.1, -0.05) is 24.6 Å². The molecule has 0 spiro atoms. The highest BCUT2D eigenvalue weighted by molar-refractivity contribution is 5.32. The first-order valence-electron chi connectivity index (χ1n) is 4.17. The van der Waals surface area contributed by atoms with Gasteiger partial charge >= 0.3 is 0 Å². The average Bonchev–Trinajstić information content (AvgIpc) is 2.10. The summed E-state index contributed by atoms with van der Waals surface area (Å²) >= 11 is 0. The molecule has 0 heterocycles. The molecule has 0 aliphatic heterocycles. The Morgan fingerprint density at radius 2 is 2.42 bits per heavy atom. The van der Waals surface area contributed by atoms with Gasteiger partial charge in [0.05, 0.1) is 6.54 Å². The quantitative estimate of drug-likeness (QED) is 0.257. The van der Waals surface area contributed by atoms with Crippen LogP contribution in [0, 0.1) is 0 Å². The highest BCUT2D eigenvalue weighted by Gasteiger charge is 1.89. The first-order valence-corrected chi connectivity index (χ1v) is 4.17. The zero-order valence-corrected chi connectivity index (χ0v) is 7.55. The summed E-state index contributed by atoms with van der Waals surface area (Å²) in [4.78, 5) is 13.2. The summed E-state index contributed by atoms with van der Waals surface area (Å²) < 4.78 is 0. The molecule has 66 valence electrons. The summed E-state index contributed by atoms with van der Waals surface area (Å²) in [6.45, 7) is 6.32. The van der Waals surface area contributed by atoms with Gasteiger partial charge in [-0.05, 0) is 19.3 Å². The van der Waals surface area contributed by atoms with Crippen molar-refractivity contribution in [3.05, 3.63) is 24.3 Å². The van der Waals surface area contributed by atoms with E-state index < -0.39 is 0 Å². The third kappa shape index (κ3) is 5.63. The summed E-state index contributed by atoms with van der Waals surface area (Å²) in [5, 5.41) is 0. The van der Waals surface area contributed by atoms with E-state index >= 15 is 0 Å². The highest BCUT2D eigenvalue weighted by atomic mass is 16.1. The molecule has 0 aromatic rings. The minimum atomic E-state index is 0.546. The van der Waals surface area contributed by atoms with Gasteiger partial charge in [-0.15, -0.1) is 6.58 Å². The predicted molar refractivity (Wildman–Crippen MR) is 50.8 cm³/mol. The van der Waals surface area contributed by atoms with Crippen molar-refractivity contribution in [1.29, 1.82) is 0 Å². The van der Waals surface area contributed by atoms with E-state index in [0.717, 1.165) is 19.3 Å². The fourth-order valence-corrected chi connectivity index (χ4v) is 0.936. The smallest absolute Gasteiger partial charge is 0.211 e. The fraction of sp³-hybridized carbons (Fsp3) is 0.500. The van der Waals surface area contributed by atoms with Gasteiger partial charge in [0.2, 0.25) is 6.08 Å². The number of carbonyl (C=O) groups excluding carboxylic acids is 1. The van der Waals surface area contributed by atoms with Crippen LogP contribution in [0.4, 0.5) is 0 Å². The van der Waals surface area contributed by atoms with Gasteiger partial charge in [-0.3, -0.25) is 0 Å². The van der Waals surface area contributed by atoms with Gasteiger partial charge in [0, 0.05) is 0 Å². The summed E-state index contributed by atoms with van der Waals surface area (Å²) in [5.74, 6) is 0. The number of hydrogen-bond acceptors (Lipinski definition) is 2. The third-order valence-electron chi connectivity index (χ3n) is 1.60. The Bertz CT molecular complexity index is 200. The minimum Gasteiger partial charge on any atom is -0.211 e. The van der Waals surface area contributed by atoms with Crippen LogP contribution in [0.15, 0.2) is 29.3 Å². The molecule has 12 heavy (non-hydrogen) atoms. The standard InChI is InChI=1S/C10H15NO/c1-3-6-10(4-2)7-5-8-11-9-12/h3,7H,1,4-6,8H2,2H3. The van der Waals surface area contributed by atoms with Gasteiger partial charge in [0.25, 0.3) is 0 Å². The van der Waals surface area contributed by atoms with E-state index in [2.05, 4.69) is 24.6 Å². The number of aliphatic imine (C=N–C) groups is 1. The Balaban J connectivity index is 3.76. The molecule has 2 nitrogen and oxygen atoms in total. The van der Waals surface area contributed by atoms with E-state index in [4.69, 9.17) is 0 Å². The molecule has 0 atom stereocenters. The largest absolute Gasteiger partial charge is 0.234 e. The predicted octanol–water partition coefficient (Wildman–Crippen LogP) is 2.62. The number of isocyanates is 1. The first-order chi connectivity index (χ1) is 5.85. The van der Waals surface area contributed by atoms with Crippen molar-refractivity contribution >= 4 is 6.08 Å². The summed E-state index contributed by atoms with van der Waals surface area (Å²) in [6, 6.07) is 0. The van der Waals surface area contributed by atoms with Crippen molar-refractivity contribution in [1.82, 2.24) is 0 Å². The minimum absolute atomic E-state index is 0.546. The lowest BCUT2D eigenvalue weighted by Gasteiger charge is -1.98. The Morgan fingerprint density at radius 3 is 2.92 bits per heavy atom. The number of nitrogens with zero attached hydrogens (tertiary/aromatic N) is 1. The molecule has 0 saturated heterocycles. The van der Waals surface area contributed by atoms with E-state index in [1.54, 1.807) is 0 Å². The molecule has 0 aliphatic carbocycles. The lowest BCUT2D eigenvalue weighted by molar-refractivity contribution is 0.563. The molecule has 0 N–H and O–H groups in total. The SMILES string of the molecule is C=CCC(=CCCN=C=O)CC. The lowest BCUT2D eigenvalue weighted by Crippen LogP contribution is -1.81. The summed E-state index contributed by atoms with van der Waals surface area (Å²) in [7, 11) is 0. The topological polar surface area (TPSA) is 29.4 Å². The van der Waals surface area contributed by atoms with Crippen molar-refractivity contribution in [3.63, 3.8) is 0 Å². The number of hydrogen-bond donors (Lipinski definition) is 0. The summed E-state index contributed by atoms with van der Waals surface area (Å²) in [5.41, 5.74) is 1.35. The van der Waals surface area contributed by atoms with Gasteiger partial charge < -0.3 is 0 Å². The van der Waals surface area contributed by atoms with E-state index in [1.807, 2.05) is 6.08 Å². The molecule has 0 radical (unpaired) electrons. The number of rotatable bonds is 6. The second-order valence-corrected chi connectivity index (χ2v) is 2.47. The van der Waals surface area contributed by atoms with Crippen molar-refractivity contribution in [2.24, 2.45) is 4.99 Å². The molecule has 0 fully saturated rings. The average molecular weight is 165 g/mol. The van der Waals surface area contributed by atoms with Crippen molar-refractivity contribution < 1.29 is 4.79 Å². The second kappa shape index (κ2) is 7.96. The van der Waals surface area contributed by atoms with Crippen LogP contribution < -0.4 is 0 Å². The van der Waals surface area contributed by atoms with E-state index in [9.17, 15) is 4.79 Å². The zero-order chi connectivity index (χ0) is 9.23. The lowest BCUT2D eigenvalue weighted by atomic mass is 10.1. The van der Waals surface area contributed by atoms with Crippen molar-refractivity contribution in [3.8, 4) is 0 Å². The molecule has 0 unspecified atom stereocenters. The molecule has 2 heteroatoms. The van der Waals surface area contributed by atoms with Crippen LogP contribution in [0.2, 0.25) is 0 Å². The van der Waals surface area contributed by atoms with Crippen LogP contribution in [-0.4, -0.2) is 12.6 Å². The first kappa shape index (κ1) is 10.9. The van der Waals surface area contributed by atoms with E-state index in [0.29, 0.717) is 6.54 Å². The maximum absolute atomic E-state index is 9.72. The fourth-order valence-electron chi connectivity index (χ4n) is 0.936. The molecule has 0 rings (SSSR count). The van der Waals surface area contributed by atoms with Crippen LogP contribution in [0.1, 0.15) is 26.2 Å². The van der Waals surface area contributed by atoms with Gasteiger partial charge in [-0.2, -0.15) is 0 Å². The van der Waals surface area contributed by atoms with E-state index in [-0.39, 0.29) is 0 Å². The normalized spacial score (nSPS) is 10.6. The maximum atomic E-state index is 9.72. The van der Waals surface area contributed by atoms with Gasteiger partial charge in [0.15, 0.2) is 0 Å². The van der Waals surface area contributed by atoms with Crippen LogP contribution in [0.3, 0.4) is 0 Å². The van der Waals surface area contributed by atoms with Crippen LogP contribution in [0.25, 0.3) is 0 Å². The molecular formula is C10H15NO. The molecule has 0 saturated carbocycles. The molecule has 0 aromatic carbocycles. The summed E-state index contributed by atoms with van der Waals surface area (Å²) in [6.07, 6.45) is 8.31. The maximum Gasteiger partial charge on any atom is 0.234 e. The second-order valence-electron chi connectivity index (χ2n) is 2.47. The van der Waals surface area contributed by atoms with E-state index in [1.165, 1.54) is 11.7 Å². The van der Waals surface area contributed by atoms with Gasteiger partial charge in [-0.25, -0.2) is 9.79 Å². The molecule has 0 bridgehead atoms. The van der Waals surface area contributed by atoms with Crippen molar-refractivity contribution in [2.75, 3.05) is 6.54 Å². The van der Waals surface area contributed by atoms with Gasteiger partial charge in [0.1, 0.15) is 0 Å². The molecule has 0 amide bonds. The molecule has 0 aromatic heterocycles. The Labute approximate surface area is 73.7 Å². The Hall–Kier alpha value is -1.14. The molecular weight excluding hydrogens is 150 g/mol. The number of allylic oxidation sites excluding steroid dienone is 2.